The number of aromatic amines is 1. The fraction of sp³-hybridized carbons (Fsp3) is 0.100. The molecular formula is C10H9F3N4. The van der Waals surface area contributed by atoms with Crippen LogP contribution in [0.3, 0.4) is 0 Å². The molecule has 2 rings (SSSR count). The standard InChI is InChI=1S/C10H9F3N4/c1-5(14)15-9-6-3-2-4-7(10(11,12)13)8(6)16-17-9/h2-4H,1,14H2,(H2,15,16,17). The lowest BCUT2D eigenvalue weighted by atomic mass is 10.1. The van der Waals surface area contributed by atoms with Gasteiger partial charge in [-0.2, -0.15) is 18.3 Å². The van der Waals surface area contributed by atoms with Crippen molar-refractivity contribution in [3.05, 3.63) is 36.2 Å². The largest absolute Gasteiger partial charge is 0.418 e. The summed E-state index contributed by atoms with van der Waals surface area (Å²) in [5, 5.41) is 8.96. The zero-order valence-electron chi connectivity index (χ0n) is 8.60. The number of nitrogens with zero attached hydrogens (tertiary/aromatic N) is 1. The topological polar surface area (TPSA) is 66.7 Å². The highest BCUT2D eigenvalue weighted by Crippen LogP contribution is 2.35. The fourth-order valence-corrected chi connectivity index (χ4v) is 1.53. The van der Waals surface area contributed by atoms with Gasteiger partial charge in [-0.15, -0.1) is 0 Å². The summed E-state index contributed by atoms with van der Waals surface area (Å²) < 4.78 is 38.0. The predicted molar refractivity (Wildman–Crippen MR) is 58.0 cm³/mol. The maximum absolute atomic E-state index is 12.7. The molecule has 0 aliphatic heterocycles. The molecule has 90 valence electrons. The van der Waals surface area contributed by atoms with E-state index < -0.39 is 11.7 Å². The van der Waals surface area contributed by atoms with Crippen LogP contribution in [0, 0.1) is 0 Å². The molecule has 1 aromatic carbocycles. The van der Waals surface area contributed by atoms with Crippen LogP contribution in [0.5, 0.6) is 0 Å². The Morgan fingerprint density at radius 1 is 1.41 bits per heavy atom. The van der Waals surface area contributed by atoms with Crippen molar-refractivity contribution < 1.29 is 13.2 Å². The van der Waals surface area contributed by atoms with Gasteiger partial charge >= 0.3 is 6.18 Å². The summed E-state index contributed by atoms with van der Waals surface area (Å²) in [6.45, 7) is 3.40. The van der Waals surface area contributed by atoms with E-state index in [0.717, 1.165) is 6.07 Å². The number of H-pyrrole nitrogens is 1. The van der Waals surface area contributed by atoms with E-state index in [1.54, 1.807) is 0 Å². The summed E-state index contributed by atoms with van der Waals surface area (Å²) in [5.41, 5.74) is 4.47. The Hall–Kier alpha value is -2.18. The summed E-state index contributed by atoms with van der Waals surface area (Å²) in [4.78, 5) is 0. The van der Waals surface area contributed by atoms with Crippen LogP contribution >= 0.6 is 0 Å². The number of hydrogen-bond donors (Lipinski definition) is 3. The van der Waals surface area contributed by atoms with Gasteiger partial charge in [0.15, 0.2) is 5.82 Å². The molecule has 0 aliphatic rings. The van der Waals surface area contributed by atoms with Crippen molar-refractivity contribution in [3.8, 4) is 0 Å². The number of rotatable bonds is 2. The summed E-state index contributed by atoms with van der Waals surface area (Å²) >= 11 is 0. The molecule has 4 nitrogen and oxygen atoms in total. The van der Waals surface area contributed by atoms with E-state index in [9.17, 15) is 13.2 Å². The van der Waals surface area contributed by atoms with Crippen molar-refractivity contribution >= 4 is 16.7 Å². The van der Waals surface area contributed by atoms with Crippen molar-refractivity contribution in [1.29, 1.82) is 0 Å². The number of para-hydroxylation sites is 1. The minimum Gasteiger partial charge on any atom is -0.386 e. The molecule has 0 fully saturated rings. The second kappa shape index (κ2) is 3.69. The molecule has 2 aromatic rings. The van der Waals surface area contributed by atoms with Crippen molar-refractivity contribution in [2.45, 2.75) is 6.18 Å². The number of hydrogen-bond acceptors (Lipinski definition) is 3. The lowest BCUT2D eigenvalue weighted by Gasteiger charge is -2.07. The average molecular weight is 242 g/mol. The fourth-order valence-electron chi connectivity index (χ4n) is 1.53. The third-order valence-corrected chi connectivity index (χ3v) is 2.18. The second-order valence-electron chi connectivity index (χ2n) is 3.45. The average Bonchev–Trinajstić information content (AvgIpc) is 2.59. The summed E-state index contributed by atoms with van der Waals surface area (Å²) in [6, 6.07) is 3.81. The molecule has 4 N–H and O–H groups in total. The maximum Gasteiger partial charge on any atom is 0.418 e. The van der Waals surface area contributed by atoms with Gasteiger partial charge < -0.3 is 11.1 Å². The Labute approximate surface area is 94.3 Å². The van der Waals surface area contributed by atoms with E-state index in [1.165, 1.54) is 12.1 Å². The van der Waals surface area contributed by atoms with E-state index in [0.29, 0.717) is 5.39 Å². The number of halogens is 3. The predicted octanol–water partition coefficient (Wildman–Crippen LogP) is 2.42. The van der Waals surface area contributed by atoms with Gasteiger partial charge in [0.1, 0.15) is 0 Å². The second-order valence-corrected chi connectivity index (χ2v) is 3.45. The number of nitrogens with one attached hydrogen (secondary N) is 2. The molecule has 0 amide bonds. The SMILES string of the molecule is C=C(N)Nc1n[nH]c2c(C(F)(F)F)cccc12. The van der Waals surface area contributed by atoms with Gasteiger partial charge in [-0.05, 0) is 12.1 Å². The molecule has 1 aromatic heterocycles. The van der Waals surface area contributed by atoms with Gasteiger partial charge in [0.05, 0.1) is 16.9 Å². The van der Waals surface area contributed by atoms with Crippen LogP contribution < -0.4 is 11.1 Å². The first-order valence-corrected chi connectivity index (χ1v) is 4.65. The molecule has 0 saturated carbocycles. The van der Waals surface area contributed by atoms with Crippen LogP contribution in [0.15, 0.2) is 30.6 Å². The van der Waals surface area contributed by atoms with Gasteiger partial charge in [0.2, 0.25) is 0 Å². The highest BCUT2D eigenvalue weighted by molar-refractivity contribution is 5.92. The summed E-state index contributed by atoms with van der Waals surface area (Å²) in [7, 11) is 0. The first-order chi connectivity index (χ1) is 7.89. The molecule has 7 heteroatoms. The lowest BCUT2D eigenvalue weighted by molar-refractivity contribution is -0.136. The van der Waals surface area contributed by atoms with E-state index in [1.807, 2.05) is 0 Å². The number of anilines is 1. The highest BCUT2D eigenvalue weighted by atomic mass is 19.4. The van der Waals surface area contributed by atoms with E-state index in [-0.39, 0.29) is 17.2 Å². The summed E-state index contributed by atoms with van der Waals surface area (Å²) in [5.74, 6) is 0.328. The molecule has 0 saturated heterocycles. The van der Waals surface area contributed by atoms with Gasteiger partial charge in [-0.25, -0.2) is 0 Å². The van der Waals surface area contributed by atoms with Crippen molar-refractivity contribution in [2.75, 3.05) is 5.32 Å². The number of fused-ring (bicyclic) bond motifs is 1. The molecular weight excluding hydrogens is 233 g/mol. The minimum atomic E-state index is -4.43. The van der Waals surface area contributed by atoms with Crippen LogP contribution in [-0.2, 0) is 6.18 Å². The minimum absolute atomic E-state index is 0.0799. The molecule has 0 radical (unpaired) electrons. The Balaban J connectivity index is 2.61. The quantitative estimate of drug-likeness (QED) is 0.757. The zero-order valence-corrected chi connectivity index (χ0v) is 8.60. The van der Waals surface area contributed by atoms with Crippen molar-refractivity contribution in [2.24, 2.45) is 5.73 Å². The number of nitrogens with two attached hydrogens (primary N) is 1. The highest BCUT2D eigenvalue weighted by Gasteiger charge is 2.33. The first-order valence-electron chi connectivity index (χ1n) is 4.65. The van der Waals surface area contributed by atoms with Crippen molar-refractivity contribution in [1.82, 2.24) is 10.2 Å². The van der Waals surface area contributed by atoms with Gasteiger partial charge in [0, 0.05) is 5.39 Å². The maximum atomic E-state index is 12.7. The molecule has 0 atom stereocenters. The number of alkyl halides is 3. The van der Waals surface area contributed by atoms with Gasteiger partial charge in [-0.1, -0.05) is 12.6 Å². The lowest BCUT2D eigenvalue weighted by Crippen LogP contribution is -2.07. The molecule has 17 heavy (non-hydrogen) atoms. The monoisotopic (exact) mass is 242 g/mol. The Bertz CT molecular complexity index is 570. The van der Waals surface area contributed by atoms with Gasteiger partial charge in [-0.3, -0.25) is 5.10 Å². The molecule has 1 heterocycles. The van der Waals surface area contributed by atoms with Crippen LogP contribution in [0.1, 0.15) is 5.56 Å². The third-order valence-electron chi connectivity index (χ3n) is 2.18. The Morgan fingerprint density at radius 3 is 2.71 bits per heavy atom. The smallest absolute Gasteiger partial charge is 0.386 e. The van der Waals surface area contributed by atoms with E-state index >= 15 is 0 Å². The number of benzene rings is 1. The molecule has 0 unspecified atom stereocenters. The Kier molecular flexibility index (Phi) is 2.45. The van der Waals surface area contributed by atoms with Crippen LogP contribution in [0.25, 0.3) is 10.9 Å². The molecule has 0 spiro atoms. The third kappa shape index (κ3) is 2.03. The van der Waals surface area contributed by atoms with Crippen molar-refractivity contribution in [3.63, 3.8) is 0 Å². The molecule has 0 aliphatic carbocycles. The molecule has 0 bridgehead atoms. The Morgan fingerprint density at radius 2 is 2.12 bits per heavy atom. The normalized spacial score (nSPS) is 11.7. The van der Waals surface area contributed by atoms with Crippen LogP contribution in [0.2, 0.25) is 0 Å². The van der Waals surface area contributed by atoms with E-state index in [4.69, 9.17) is 5.73 Å². The van der Waals surface area contributed by atoms with Gasteiger partial charge in [0.25, 0.3) is 0 Å². The zero-order chi connectivity index (χ0) is 12.6. The van der Waals surface area contributed by atoms with Crippen LogP contribution in [-0.4, -0.2) is 10.2 Å². The first kappa shape index (κ1) is 11.3. The number of aromatic nitrogens is 2. The summed E-state index contributed by atoms with van der Waals surface area (Å²) in [6.07, 6.45) is -4.43. The van der Waals surface area contributed by atoms with E-state index in [2.05, 4.69) is 22.1 Å². The van der Waals surface area contributed by atoms with Crippen LogP contribution in [0.4, 0.5) is 19.0 Å².